The van der Waals surface area contributed by atoms with Crippen LogP contribution in [0.25, 0.3) is 0 Å². The topological polar surface area (TPSA) is 60.5 Å². The summed E-state index contributed by atoms with van der Waals surface area (Å²) >= 11 is 1.39. The Morgan fingerprint density at radius 1 is 1.33 bits per heavy atom. The van der Waals surface area contributed by atoms with E-state index < -0.39 is 0 Å². The van der Waals surface area contributed by atoms with Crippen LogP contribution < -0.4 is 10.1 Å². The molecule has 1 aromatic carbocycles. The fourth-order valence-corrected chi connectivity index (χ4v) is 2.39. The molecule has 112 valence electrons. The number of hydrogen-bond donors (Lipinski definition) is 1. The molecule has 0 saturated heterocycles. The van der Waals surface area contributed by atoms with E-state index in [0.717, 1.165) is 17.2 Å². The van der Waals surface area contributed by atoms with E-state index in [-0.39, 0.29) is 5.97 Å². The van der Waals surface area contributed by atoms with E-state index >= 15 is 0 Å². The molecule has 6 heteroatoms. The number of aromatic nitrogens is 1. The number of para-hydroxylation sites is 1. The minimum absolute atomic E-state index is 0.348. The molecule has 5 nitrogen and oxygen atoms in total. The molecular weight excluding hydrogens is 288 g/mol. The molecule has 2 aromatic rings. The molecule has 0 fully saturated rings. The zero-order valence-corrected chi connectivity index (χ0v) is 12.7. The second-order valence-corrected chi connectivity index (χ2v) is 5.05. The molecule has 0 aliphatic rings. The van der Waals surface area contributed by atoms with E-state index in [1.165, 1.54) is 11.3 Å². The van der Waals surface area contributed by atoms with E-state index in [1.54, 1.807) is 12.4 Å². The Morgan fingerprint density at radius 2 is 2.14 bits per heavy atom. The van der Waals surface area contributed by atoms with Gasteiger partial charge in [0.15, 0.2) is 5.69 Å². The summed E-state index contributed by atoms with van der Waals surface area (Å²) in [6.45, 7) is 3.45. The van der Waals surface area contributed by atoms with E-state index in [1.807, 2.05) is 30.3 Å². The quantitative estimate of drug-likeness (QED) is 0.599. The number of carbonyl (C=O) groups is 1. The number of rotatable bonds is 8. The average molecular weight is 306 g/mol. The summed E-state index contributed by atoms with van der Waals surface area (Å²) in [6.07, 6.45) is 0.828. The third kappa shape index (κ3) is 4.75. The van der Waals surface area contributed by atoms with Crippen LogP contribution in [-0.2, 0) is 4.74 Å². The Morgan fingerprint density at radius 3 is 2.90 bits per heavy atom. The van der Waals surface area contributed by atoms with Crippen molar-refractivity contribution in [2.45, 2.75) is 13.3 Å². The lowest BCUT2D eigenvalue weighted by Crippen LogP contribution is -2.11. The number of nitrogens with one attached hydrogen (secondary N) is 1. The van der Waals surface area contributed by atoms with Gasteiger partial charge in [0.05, 0.1) is 18.7 Å². The normalized spacial score (nSPS) is 10.1. The number of nitrogens with zero attached hydrogens (tertiary/aromatic N) is 1. The summed E-state index contributed by atoms with van der Waals surface area (Å²) < 4.78 is 10.6. The number of esters is 1. The summed E-state index contributed by atoms with van der Waals surface area (Å²) in [5.41, 5.74) is 1.99. The molecule has 0 bridgehead atoms. The van der Waals surface area contributed by atoms with E-state index in [0.29, 0.717) is 25.5 Å². The predicted octanol–water partition coefficient (Wildman–Crippen LogP) is 3.20. The van der Waals surface area contributed by atoms with Gasteiger partial charge in [-0.3, -0.25) is 0 Å². The molecule has 0 spiro atoms. The number of benzene rings is 1. The van der Waals surface area contributed by atoms with Crippen LogP contribution in [0.1, 0.15) is 23.8 Å². The zero-order valence-electron chi connectivity index (χ0n) is 11.9. The maximum absolute atomic E-state index is 11.7. The Hall–Kier alpha value is -2.08. The first-order chi connectivity index (χ1) is 10.3. The van der Waals surface area contributed by atoms with Gasteiger partial charge in [0.2, 0.25) is 0 Å². The minimum Gasteiger partial charge on any atom is -0.494 e. The van der Waals surface area contributed by atoms with E-state index in [4.69, 9.17) is 9.47 Å². The van der Waals surface area contributed by atoms with Crippen molar-refractivity contribution < 1.29 is 14.3 Å². The zero-order chi connectivity index (χ0) is 14.9. The Kier molecular flexibility index (Phi) is 6.02. The highest BCUT2D eigenvalue weighted by molar-refractivity contribution is 7.14. The van der Waals surface area contributed by atoms with Gasteiger partial charge in [-0.2, -0.15) is 0 Å². The molecule has 0 atom stereocenters. The number of carbonyl (C=O) groups excluding carboxylic acids is 1. The van der Waals surface area contributed by atoms with E-state index in [9.17, 15) is 4.79 Å². The lowest BCUT2D eigenvalue weighted by Gasteiger charge is -2.07. The Bertz CT molecular complexity index is 557. The first-order valence-electron chi connectivity index (χ1n) is 6.83. The van der Waals surface area contributed by atoms with Crippen LogP contribution in [-0.4, -0.2) is 30.7 Å². The Balaban J connectivity index is 1.72. The number of hydrogen-bond acceptors (Lipinski definition) is 6. The van der Waals surface area contributed by atoms with Crippen LogP contribution >= 0.6 is 11.3 Å². The maximum atomic E-state index is 11.7. The summed E-state index contributed by atoms with van der Waals surface area (Å²) in [7, 11) is 0. The highest BCUT2D eigenvalue weighted by Gasteiger charge is 2.15. The Labute approximate surface area is 127 Å². The second kappa shape index (κ2) is 8.26. The molecule has 1 aromatic heterocycles. The SMILES string of the molecule is CCOC(=O)c1ncsc1NCCCOc1ccccc1. The fraction of sp³-hybridized carbons (Fsp3) is 0.333. The molecule has 0 aliphatic carbocycles. The first kappa shape index (κ1) is 15.3. The van der Waals surface area contributed by atoms with Crippen molar-refractivity contribution in [1.82, 2.24) is 4.98 Å². The van der Waals surface area contributed by atoms with Crippen LogP contribution in [0.15, 0.2) is 35.8 Å². The molecule has 1 N–H and O–H groups in total. The van der Waals surface area contributed by atoms with Crippen LogP contribution in [0.3, 0.4) is 0 Å². The van der Waals surface area contributed by atoms with Gasteiger partial charge < -0.3 is 14.8 Å². The molecule has 21 heavy (non-hydrogen) atoms. The van der Waals surface area contributed by atoms with Crippen molar-refractivity contribution in [3.8, 4) is 5.75 Å². The van der Waals surface area contributed by atoms with E-state index in [2.05, 4.69) is 10.3 Å². The van der Waals surface area contributed by atoms with Crippen molar-refractivity contribution in [2.75, 3.05) is 25.1 Å². The monoisotopic (exact) mass is 306 g/mol. The summed E-state index contributed by atoms with van der Waals surface area (Å²) in [4.78, 5) is 15.7. The molecule has 0 unspecified atom stereocenters. The minimum atomic E-state index is -0.387. The van der Waals surface area contributed by atoms with Crippen molar-refractivity contribution in [1.29, 1.82) is 0 Å². The third-order valence-electron chi connectivity index (χ3n) is 2.65. The van der Waals surface area contributed by atoms with Gasteiger partial charge in [0, 0.05) is 6.54 Å². The average Bonchev–Trinajstić information content (AvgIpc) is 2.97. The van der Waals surface area contributed by atoms with Gasteiger partial charge in [-0.1, -0.05) is 18.2 Å². The van der Waals surface area contributed by atoms with Gasteiger partial charge in [-0.25, -0.2) is 9.78 Å². The summed E-state index contributed by atoms with van der Waals surface area (Å²) in [5.74, 6) is 0.476. The largest absolute Gasteiger partial charge is 0.494 e. The van der Waals surface area contributed by atoms with Gasteiger partial charge in [0.1, 0.15) is 10.8 Å². The van der Waals surface area contributed by atoms with Crippen LogP contribution in [0.2, 0.25) is 0 Å². The van der Waals surface area contributed by atoms with Crippen molar-refractivity contribution >= 4 is 22.3 Å². The highest BCUT2D eigenvalue weighted by atomic mass is 32.1. The van der Waals surface area contributed by atoms with Gasteiger partial charge in [0.25, 0.3) is 0 Å². The molecule has 0 saturated carbocycles. The highest BCUT2D eigenvalue weighted by Crippen LogP contribution is 2.20. The van der Waals surface area contributed by atoms with Crippen molar-refractivity contribution in [3.05, 3.63) is 41.5 Å². The van der Waals surface area contributed by atoms with Crippen LogP contribution in [0.5, 0.6) is 5.75 Å². The summed E-state index contributed by atoms with van der Waals surface area (Å²) in [5, 5.41) is 3.94. The summed E-state index contributed by atoms with van der Waals surface area (Å²) in [6, 6.07) is 9.69. The molecule has 0 aliphatic heterocycles. The smallest absolute Gasteiger partial charge is 0.360 e. The van der Waals surface area contributed by atoms with Crippen molar-refractivity contribution in [3.63, 3.8) is 0 Å². The second-order valence-electron chi connectivity index (χ2n) is 4.19. The maximum Gasteiger partial charge on any atom is 0.360 e. The number of anilines is 1. The standard InChI is InChI=1S/C15H18N2O3S/c1-2-19-15(18)13-14(21-11-17-13)16-9-6-10-20-12-7-4-3-5-8-12/h3-5,7-8,11,16H,2,6,9-10H2,1H3. The third-order valence-corrected chi connectivity index (χ3v) is 3.44. The number of thiazole rings is 1. The molecule has 2 rings (SSSR count). The predicted molar refractivity (Wildman–Crippen MR) is 83.1 cm³/mol. The van der Waals surface area contributed by atoms with Gasteiger partial charge in [-0.15, -0.1) is 11.3 Å². The van der Waals surface area contributed by atoms with Crippen molar-refractivity contribution in [2.24, 2.45) is 0 Å². The lowest BCUT2D eigenvalue weighted by molar-refractivity contribution is 0.0521. The van der Waals surface area contributed by atoms with Gasteiger partial charge >= 0.3 is 5.97 Å². The molecular formula is C15H18N2O3S. The fourth-order valence-electron chi connectivity index (χ4n) is 1.70. The van der Waals surface area contributed by atoms with Crippen LogP contribution in [0, 0.1) is 0 Å². The lowest BCUT2D eigenvalue weighted by atomic mass is 10.3. The molecule has 0 amide bonds. The first-order valence-corrected chi connectivity index (χ1v) is 7.71. The molecule has 0 radical (unpaired) electrons. The molecule has 1 heterocycles. The number of ether oxygens (including phenoxy) is 2. The van der Waals surface area contributed by atoms with Gasteiger partial charge in [-0.05, 0) is 25.5 Å². The van der Waals surface area contributed by atoms with Crippen LogP contribution in [0.4, 0.5) is 5.00 Å².